The molecule has 2 aromatic rings. The standard InChI is InChI=1S/C16H14ClN3O5/c1-9-12(4-3-5-13(9)20(23)24)16(22)25-10(2)15(21)19-14-7-6-11(17)8-18-14/h3-8,10H,1-2H3,(H,18,19,21). The highest BCUT2D eigenvalue weighted by atomic mass is 35.5. The number of nitro groups is 1. The normalized spacial score (nSPS) is 11.5. The summed E-state index contributed by atoms with van der Waals surface area (Å²) in [7, 11) is 0. The number of benzene rings is 1. The summed E-state index contributed by atoms with van der Waals surface area (Å²) in [6, 6.07) is 7.11. The van der Waals surface area contributed by atoms with Crippen LogP contribution in [0.5, 0.6) is 0 Å². The van der Waals surface area contributed by atoms with Crippen LogP contribution in [0.2, 0.25) is 5.02 Å². The smallest absolute Gasteiger partial charge is 0.339 e. The first-order chi connectivity index (χ1) is 11.8. The fourth-order valence-corrected chi connectivity index (χ4v) is 2.11. The van der Waals surface area contributed by atoms with Crippen molar-refractivity contribution in [2.75, 3.05) is 5.32 Å². The predicted molar refractivity (Wildman–Crippen MR) is 90.6 cm³/mol. The lowest BCUT2D eigenvalue weighted by molar-refractivity contribution is -0.385. The Morgan fingerprint density at radius 2 is 2.04 bits per heavy atom. The van der Waals surface area contributed by atoms with Crippen molar-refractivity contribution in [3.8, 4) is 0 Å². The van der Waals surface area contributed by atoms with Gasteiger partial charge in [0.15, 0.2) is 6.10 Å². The summed E-state index contributed by atoms with van der Waals surface area (Å²) in [6.45, 7) is 2.83. The van der Waals surface area contributed by atoms with E-state index in [0.29, 0.717) is 5.02 Å². The first kappa shape index (κ1) is 18.3. The second kappa shape index (κ2) is 7.71. The first-order valence-corrected chi connectivity index (χ1v) is 7.54. The fourth-order valence-electron chi connectivity index (χ4n) is 2.00. The maximum absolute atomic E-state index is 12.2. The van der Waals surface area contributed by atoms with Gasteiger partial charge in [-0.25, -0.2) is 9.78 Å². The van der Waals surface area contributed by atoms with Crippen molar-refractivity contribution < 1.29 is 19.2 Å². The van der Waals surface area contributed by atoms with Crippen molar-refractivity contribution in [1.82, 2.24) is 4.98 Å². The number of rotatable bonds is 5. The quantitative estimate of drug-likeness (QED) is 0.496. The molecule has 9 heteroatoms. The average Bonchev–Trinajstić information content (AvgIpc) is 2.56. The van der Waals surface area contributed by atoms with E-state index < -0.39 is 22.9 Å². The van der Waals surface area contributed by atoms with Crippen LogP contribution in [0.3, 0.4) is 0 Å². The van der Waals surface area contributed by atoms with Crippen LogP contribution < -0.4 is 5.32 Å². The van der Waals surface area contributed by atoms with Gasteiger partial charge in [-0.2, -0.15) is 0 Å². The van der Waals surface area contributed by atoms with Gasteiger partial charge in [0.2, 0.25) is 0 Å². The van der Waals surface area contributed by atoms with Crippen molar-refractivity contribution >= 4 is 35.0 Å². The van der Waals surface area contributed by atoms with E-state index in [0.717, 1.165) is 0 Å². The Bertz CT molecular complexity index is 823. The molecule has 1 N–H and O–H groups in total. The zero-order valence-corrected chi connectivity index (χ0v) is 14.1. The van der Waals surface area contributed by atoms with E-state index in [9.17, 15) is 19.7 Å². The second-order valence-electron chi connectivity index (χ2n) is 5.11. The van der Waals surface area contributed by atoms with E-state index >= 15 is 0 Å². The number of nitrogens with zero attached hydrogens (tertiary/aromatic N) is 2. The second-order valence-corrected chi connectivity index (χ2v) is 5.54. The van der Waals surface area contributed by atoms with Gasteiger partial charge >= 0.3 is 5.97 Å². The molecule has 1 aromatic heterocycles. The highest BCUT2D eigenvalue weighted by Gasteiger charge is 2.23. The van der Waals surface area contributed by atoms with Crippen molar-refractivity contribution in [1.29, 1.82) is 0 Å². The molecule has 1 atom stereocenters. The summed E-state index contributed by atoms with van der Waals surface area (Å²) in [5.74, 6) is -1.16. The molecule has 0 aliphatic heterocycles. The van der Waals surface area contributed by atoms with Gasteiger partial charge in [-0.15, -0.1) is 0 Å². The maximum Gasteiger partial charge on any atom is 0.339 e. The lowest BCUT2D eigenvalue weighted by Crippen LogP contribution is -2.30. The summed E-state index contributed by atoms with van der Waals surface area (Å²) >= 11 is 5.70. The van der Waals surface area contributed by atoms with Gasteiger partial charge in [-0.1, -0.05) is 17.7 Å². The molecule has 0 saturated carbocycles. The molecule has 25 heavy (non-hydrogen) atoms. The van der Waals surface area contributed by atoms with E-state index in [-0.39, 0.29) is 22.6 Å². The third-order valence-corrected chi connectivity index (χ3v) is 3.58. The molecule has 1 aromatic carbocycles. The molecule has 0 aliphatic rings. The summed E-state index contributed by atoms with van der Waals surface area (Å²) < 4.78 is 5.08. The Balaban J connectivity index is 2.07. The zero-order chi connectivity index (χ0) is 18.6. The van der Waals surface area contributed by atoms with Crippen LogP contribution in [0.25, 0.3) is 0 Å². The minimum absolute atomic E-state index is 0.0264. The number of nitro benzene ring substituents is 1. The molecule has 8 nitrogen and oxygen atoms in total. The van der Waals surface area contributed by atoms with Gasteiger partial charge in [0.05, 0.1) is 15.5 Å². The van der Waals surface area contributed by atoms with Crippen LogP contribution in [-0.2, 0) is 9.53 Å². The molecular weight excluding hydrogens is 350 g/mol. The summed E-state index contributed by atoms with van der Waals surface area (Å²) in [5.41, 5.74) is -0.000127. The first-order valence-electron chi connectivity index (χ1n) is 7.17. The largest absolute Gasteiger partial charge is 0.449 e. The van der Waals surface area contributed by atoms with Crippen LogP contribution in [-0.4, -0.2) is 27.9 Å². The van der Waals surface area contributed by atoms with Crippen LogP contribution >= 0.6 is 11.6 Å². The van der Waals surface area contributed by atoms with Crippen LogP contribution in [0.15, 0.2) is 36.5 Å². The number of amides is 1. The summed E-state index contributed by atoms with van der Waals surface area (Å²) in [5, 5.41) is 13.8. The molecule has 1 heterocycles. The number of hydrogen-bond acceptors (Lipinski definition) is 6. The van der Waals surface area contributed by atoms with E-state index in [1.54, 1.807) is 6.07 Å². The molecule has 130 valence electrons. The van der Waals surface area contributed by atoms with E-state index in [1.165, 1.54) is 44.3 Å². The predicted octanol–water partition coefficient (Wildman–Crippen LogP) is 3.14. The lowest BCUT2D eigenvalue weighted by Gasteiger charge is -2.14. The van der Waals surface area contributed by atoms with Crippen molar-refractivity contribution in [2.45, 2.75) is 20.0 Å². The van der Waals surface area contributed by atoms with Crippen molar-refractivity contribution in [3.05, 3.63) is 62.8 Å². The highest BCUT2D eigenvalue weighted by Crippen LogP contribution is 2.22. The summed E-state index contributed by atoms with van der Waals surface area (Å²) in [4.78, 5) is 38.5. The number of carbonyl (C=O) groups is 2. The molecule has 0 bridgehead atoms. The van der Waals surface area contributed by atoms with Gasteiger partial charge in [0.25, 0.3) is 11.6 Å². The topological polar surface area (TPSA) is 111 Å². The Labute approximate surface area is 147 Å². The van der Waals surface area contributed by atoms with Gasteiger partial charge < -0.3 is 10.1 Å². The molecule has 2 rings (SSSR count). The van der Waals surface area contributed by atoms with Crippen LogP contribution in [0.1, 0.15) is 22.8 Å². The Morgan fingerprint density at radius 1 is 1.32 bits per heavy atom. The zero-order valence-electron chi connectivity index (χ0n) is 13.4. The SMILES string of the molecule is Cc1c(C(=O)OC(C)C(=O)Nc2ccc(Cl)cn2)cccc1[N+](=O)[O-]. The van der Waals surface area contributed by atoms with Crippen LogP contribution in [0, 0.1) is 17.0 Å². The average molecular weight is 364 g/mol. The number of halogens is 1. The number of hydrogen-bond donors (Lipinski definition) is 1. The minimum Gasteiger partial charge on any atom is -0.449 e. The third-order valence-electron chi connectivity index (χ3n) is 3.35. The number of anilines is 1. The molecule has 1 amide bonds. The van der Waals surface area contributed by atoms with Gasteiger partial charge in [0.1, 0.15) is 5.82 Å². The van der Waals surface area contributed by atoms with Gasteiger partial charge in [-0.3, -0.25) is 14.9 Å². The molecule has 0 spiro atoms. The van der Waals surface area contributed by atoms with Crippen LogP contribution in [0.4, 0.5) is 11.5 Å². The van der Waals surface area contributed by atoms with Crippen molar-refractivity contribution in [3.63, 3.8) is 0 Å². The molecule has 0 saturated heterocycles. The number of esters is 1. The number of pyridine rings is 1. The number of nitrogens with one attached hydrogen (secondary N) is 1. The Morgan fingerprint density at radius 3 is 2.64 bits per heavy atom. The molecule has 0 aliphatic carbocycles. The minimum atomic E-state index is -1.12. The molecular formula is C16H14ClN3O5. The summed E-state index contributed by atoms with van der Waals surface area (Å²) in [6.07, 6.45) is 0.240. The third kappa shape index (κ3) is 4.51. The molecule has 0 radical (unpaired) electrons. The number of ether oxygens (including phenoxy) is 1. The van der Waals surface area contributed by atoms with Crippen molar-refractivity contribution in [2.24, 2.45) is 0 Å². The Hall–Kier alpha value is -3.00. The van der Waals surface area contributed by atoms with E-state index in [4.69, 9.17) is 16.3 Å². The Kier molecular flexibility index (Phi) is 5.66. The van der Waals surface area contributed by atoms with Gasteiger partial charge in [0, 0.05) is 17.8 Å². The number of aromatic nitrogens is 1. The fraction of sp³-hybridized carbons (Fsp3) is 0.188. The maximum atomic E-state index is 12.2. The molecule has 1 unspecified atom stereocenters. The molecule has 0 fully saturated rings. The van der Waals surface area contributed by atoms with E-state index in [1.807, 2.05) is 0 Å². The monoisotopic (exact) mass is 363 g/mol. The van der Waals surface area contributed by atoms with E-state index in [2.05, 4.69) is 10.3 Å². The lowest BCUT2D eigenvalue weighted by atomic mass is 10.1. The highest BCUT2D eigenvalue weighted by molar-refractivity contribution is 6.30. The van der Waals surface area contributed by atoms with Gasteiger partial charge in [-0.05, 0) is 32.0 Å². The number of carbonyl (C=O) groups excluding carboxylic acids is 2.